The smallest absolute Gasteiger partial charge is 0.305 e. The van der Waals surface area contributed by atoms with Gasteiger partial charge < -0.3 is 20.3 Å². The molecule has 0 aromatic heterocycles. The summed E-state index contributed by atoms with van der Waals surface area (Å²) in [5, 5.41) is 23.2. The van der Waals surface area contributed by atoms with E-state index in [1.807, 2.05) is 0 Å². The number of carbonyl (C=O) groups is 2. The molecule has 0 aromatic rings. The number of hydrogen-bond donors (Lipinski definition) is 3. The van der Waals surface area contributed by atoms with Crippen molar-refractivity contribution >= 4 is 11.9 Å². The summed E-state index contributed by atoms with van der Waals surface area (Å²) in [7, 11) is 0. The SMILES string of the molecule is CCCCCCCCCCCCCCCCCCC(O)C(CO)NC(=O)CCCCC/C=C\CCCCCCCCOC(=O)CCCCCCCCCCCCCCCCC. The number of esters is 1. The molecule has 0 aliphatic carbocycles. The lowest BCUT2D eigenvalue weighted by Crippen LogP contribution is -2.45. The van der Waals surface area contributed by atoms with Crippen LogP contribution in [-0.4, -0.2) is 47.4 Å². The monoisotopic (exact) mass is 862 g/mol. The second-order valence-electron chi connectivity index (χ2n) is 18.9. The van der Waals surface area contributed by atoms with Crippen LogP contribution in [0.2, 0.25) is 0 Å². The van der Waals surface area contributed by atoms with Gasteiger partial charge >= 0.3 is 5.97 Å². The molecule has 2 atom stereocenters. The Bertz CT molecular complexity index is 909. The van der Waals surface area contributed by atoms with Gasteiger partial charge in [-0.2, -0.15) is 0 Å². The van der Waals surface area contributed by atoms with Crippen LogP contribution in [0, 0.1) is 0 Å². The average molecular weight is 862 g/mol. The van der Waals surface area contributed by atoms with Gasteiger partial charge in [0.15, 0.2) is 0 Å². The van der Waals surface area contributed by atoms with Gasteiger partial charge in [0.2, 0.25) is 5.91 Å². The van der Waals surface area contributed by atoms with E-state index >= 15 is 0 Å². The van der Waals surface area contributed by atoms with Crippen LogP contribution < -0.4 is 5.32 Å². The lowest BCUT2D eigenvalue weighted by Gasteiger charge is -2.22. The molecule has 362 valence electrons. The number of aliphatic hydroxyl groups is 2. The van der Waals surface area contributed by atoms with Crippen LogP contribution in [-0.2, 0) is 14.3 Å². The summed E-state index contributed by atoms with van der Waals surface area (Å²) in [5.74, 6) is -0.0720. The topological polar surface area (TPSA) is 95.9 Å². The predicted octanol–water partition coefficient (Wildman–Crippen LogP) is 16.5. The van der Waals surface area contributed by atoms with E-state index in [4.69, 9.17) is 4.74 Å². The molecule has 6 heteroatoms. The van der Waals surface area contributed by atoms with Crippen LogP contribution in [0.5, 0.6) is 0 Å². The van der Waals surface area contributed by atoms with Crippen LogP contribution in [0.15, 0.2) is 12.2 Å². The fourth-order valence-electron chi connectivity index (χ4n) is 8.58. The molecule has 0 aliphatic rings. The minimum absolute atomic E-state index is 0.00918. The molecule has 0 heterocycles. The van der Waals surface area contributed by atoms with E-state index in [0.29, 0.717) is 25.9 Å². The molecular weight excluding hydrogens is 755 g/mol. The summed E-state index contributed by atoms with van der Waals surface area (Å²) >= 11 is 0. The average Bonchev–Trinajstić information content (AvgIpc) is 3.26. The number of ether oxygens (including phenoxy) is 1. The van der Waals surface area contributed by atoms with E-state index < -0.39 is 12.1 Å². The Kier molecular flexibility index (Phi) is 50.1. The van der Waals surface area contributed by atoms with E-state index in [2.05, 4.69) is 31.3 Å². The minimum atomic E-state index is -0.680. The number of amides is 1. The third-order valence-electron chi connectivity index (χ3n) is 12.8. The van der Waals surface area contributed by atoms with Crippen molar-refractivity contribution in [3.8, 4) is 0 Å². The third-order valence-corrected chi connectivity index (χ3v) is 12.8. The van der Waals surface area contributed by atoms with Gasteiger partial charge in [-0.1, -0.05) is 251 Å². The highest BCUT2D eigenvalue weighted by atomic mass is 16.5. The first-order chi connectivity index (χ1) is 30.0. The normalized spacial score (nSPS) is 12.7. The van der Waals surface area contributed by atoms with E-state index in [1.165, 1.54) is 199 Å². The van der Waals surface area contributed by atoms with Crippen LogP contribution >= 0.6 is 0 Å². The molecule has 0 radical (unpaired) electrons. The van der Waals surface area contributed by atoms with Gasteiger partial charge in [-0.15, -0.1) is 0 Å². The van der Waals surface area contributed by atoms with E-state index in [1.54, 1.807) is 0 Å². The quantitative estimate of drug-likeness (QED) is 0.0322. The zero-order valence-electron chi connectivity index (χ0n) is 41.2. The Morgan fingerprint density at radius 2 is 0.770 bits per heavy atom. The zero-order valence-corrected chi connectivity index (χ0v) is 41.2. The second-order valence-corrected chi connectivity index (χ2v) is 18.9. The maximum atomic E-state index is 12.5. The summed E-state index contributed by atoms with van der Waals surface area (Å²) in [4.78, 5) is 24.5. The first-order valence-corrected chi connectivity index (χ1v) is 27.4. The first kappa shape index (κ1) is 59.6. The van der Waals surface area contributed by atoms with Crippen LogP contribution in [0.3, 0.4) is 0 Å². The number of rotatable bonds is 51. The number of aliphatic hydroxyl groups excluding tert-OH is 2. The molecule has 0 aliphatic heterocycles. The highest BCUT2D eigenvalue weighted by Gasteiger charge is 2.20. The second kappa shape index (κ2) is 51.2. The van der Waals surface area contributed by atoms with Crippen molar-refractivity contribution < 1.29 is 24.5 Å². The number of unbranched alkanes of at least 4 members (excludes halogenated alkanes) is 38. The lowest BCUT2D eigenvalue weighted by molar-refractivity contribution is -0.143. The van der Waals surface area contributed by atoms with Crippen molar-refractivity contribution in [3.63, 3.8) is 0 Å². The molecule has 0 saturated carbocycles. The summed E-state index contributed by atoms with van der Waals surface area (Å²) in [5.41, 5.74) is 0. The molecule has 0 saturated heterocycles. The van der Waals surface area contributed by atoms with Crippen LogP contribution in [0.1, 0.15) is 303 Å². The fraction of sp³-hybridized carbons (Fsp3) is 0.927. The number of nitrogens with one attached hydrogen (secondary N) is 1. The van der Waals surface area contributed by atoms with Gasteiger partial charge in [-0.05, 0) is 51.4 Å². The molecule has 2 unspecified atom stereocenters. The Balaban J connectivity index is 3.48. The predicted molar refractivity (Wildman–Crippen MR) is 264 cm³/mol. The Morgan fingerprint density at radius 1 is 0.443 bits per heavy atom. The standard InChI is InChI=1S/C55H107NO5/c1-3-5-7-9-11-13-15-17-19-21-23-27-31-35-39-43-47-53(58)52(51-57)56-54(59)48-44-40-36-32-28-24-22-26-30-34-38-42-46-50-61-55(60)49-45-41-37-33-29-25-20-18-16-14-12-10-8-6-4-2/h24,28,52-53,57-58H,3-23,25-27,29-51H2,1-2H3,(H,56,59)/b28-24-. The van der Waals surface area contributed by atoms with Crippen LogP contribution in [0.25, 0.3) is 0 Å². The fourth-order valence-corrected chi connectivity index (χ4v) is 8.58. The van der Waals surface area contributed by atoms with Gasteiger partial charge in [0.25, 0.3) is 0 Å². The molecule has 0 bridgehead atoms. The van der Waals surface area contributed by atoms with E-state index in [-0.39, 0.29) is 18.5 Å². The molecule has 0 rings (SSSR count). The lowest BCUT2D eigenvalue weighted by atomic mass is 10.0. The Morgan fingerprint density at radius 3 is 1.18 bits per heavy atom. The van der Waals surface area contributed by atoms with Gasteiger partial charge in [0, 0.05) is 12.8 Å². The Hall–Kier alpha value is -1.40. The summed E-state index contributed by atoms with van der Waals surface area (Å²) < 4.78 is 5.46. The van der Waals surface area contributed by atoms with E-state index in [0.717, 1.165) is 70.6 Å². The van der Waals surface area contributed by atoms with Crippen LogP contribution in [0.4, 0.5) is 0 Å². The summed E-state index contributed by atoms with van der Waals surface area (Å²) in [6, 6.07) is -0.560. The van der Waals surface area contributed by atoms with Crippen molar-refractivity contribution in [2.75, 3.05) is 13.2 Å². The molecule has 0 fully saturated rings. The first-order valence-electron chi connectivity index (χ1n) is 27.4. The molecule has 1 amide bonds. The number of allylic oxidation sites excluding steroid dienone is 2. The van der Waals surface area contributed by atoms with Crippen molar-refractivity contribution in [2.45, 2.75) is 315 Å². The van der Waals surface area contributed by atoms with Crippen molar-refractivity contribution in [2.24, 2.45) is 0 Å². The molecule has 3 N–H and O–H groups in total. The number of carbonyl (C=O) groups excluding carboxylic acids is 2. The third kappa shape index (κ3) is 47.9. The zero-order chi connectivity index (χ0) is 44.4. The van der Waals surface area contributed by atoms with E-state index in [9.17, 15) is 19.8 Å². The molecule has 0 spiro atoms. The summed E-state index contributed by atoms with van der Waals surface area (Å²) in [6.07, 6.45) is 59.0. The highest BCUT2D eigenvalue weighted by Crippen LogP contribution is 2.17. The largest absolute Gasteiger partial charge is 0.466 e. The minimum Gasteiger partial charge on any atom is -0.466 e. The van der Waals surface area contributed by atoms with Gasteiger partial charge in [0.1, 0.15) is 0 Å². The van der Waals surface area contributed by atoms with Gasteiger partial charge in [-0.25, -0.2) is 0 Å². The molecule has 0 aromatic carbocycles. The molecule has 61 heavy (non-hydrogen) atoms. The van der Waals surface area contributed by atoms with Crippen molar-refractivity contribution in [1.82, 2.24) is 5.32 Å². The van der Waals surface area contributed by atoms with Gasteiger partial charge in [-0.3, -0.25) is 9.59 Å². The van der Waals surface area contributed by atoms with Gasteiger partial charge in [0.05, 0.1) is 25.4 Å². The Labute approximate surface area is 380 Å². The summed E-state index contributed by atoms with van der Waals surface area (Å²) in [6.45, 7) is 4.93. The van der Waals surface area contributed by atoms with Crippen molar-refractivity contribution in [3.05, 3.63) is 12.2 Å². The highest BCUT2D eigenvalue weighted by molar-refractivity contribution is 5.76. The van der Waals surface area contributed by atoms with Crippen molar-refractivity contribution in [1.29, 1.82) is 0 Å². The molecular formula is C55H107NO5. The maximum absolute atomic E-state index is 12.5. The maximum Gasteiger partial charge on any atom is 0.305 e. The molecule has 6 nitrogen and oxygen atoms in total. The number of hydrogen-bond acceptors (Lipinski definition) is 5.